The SMILES string of the molecule is CC(C)n1cncc1C(Nc1ccc(Cl)c(Br)c1)C(=O)O. The lowest BCUT2D eigenvalue weighted by molar-refractivity contribution is -0.138. The van der Waals surface area contributed by atoms with E-state index in [4.69, 9.17) is 11.6 Å². The molecule has 0 saturated heterocycles. The lowest BCUT2D eigenvalue weighted by Crippen LogP contribution is -2.24. The molecule has 0 aliphatic rings. The molecule has 1 aromatic heterocycles. The van der Waals surface area contributed by atoms with Crippen molar-refractivity contribution >= 4 is 39.2 Å². The second kappa shape index (κ2) is 6.49. The zero-order valence-electron chi connectivity index (χ0n) is 11.5. The van der Waals surface area contributed by atoms with Crippen LogP contribution in [-0.4, -0.2) is 20.6 Å². The number of halogens is 2. The number of hydrogen-bond acceptors (Lipinski definition) is 3. The van der Waals surface area contributed by atoms with E-state index < -0.39 is 12.0 Å². The minimum absolute atomic E-state index is 0.128. The minimum Gasteiger partial charge on any atom is -0.479 e. The van der Waals surface area contributed by atoms with Crippen molar-refractivity contribution in [3.63, 3.8) is 0 Å². The van der Waals surface area contributed by atoms with E-state index in [1.165, 1.54) is 0 Å². The van der Waals surface area contributed by atoms with Crippen LogP contribution in [0.5, 0.6) is 0 Å². The summed E-state index contributed by atoms with van der Waals surface area (Å²) in [6.07, 6.45) is 3.20. The molecule has 0 aliphatic heterocycles. The predicted octanol–water partition coefficient (Wildman–Crippen LogP) is 4.12. The Labute approximate surface area is 136 Å². The molecule has 21 heavy (non-hydrogen) atoms. The first kappa shape index (κ1) is 15.9. The topological polar surface area (TPSA) is 67.2 Å². The highest BCUT2D eigenvalue weighted by atomic mass is 79.9. The lowest BCUT2D eigenvalue weighted by atomic mass is 10.2. The number of anilines is 1. The number of nitrogens with one attached hydrogen (secondary N) is 1. The third-order valence-corrected chi connectivity index (χ3v) is 4.24. The molecule has 5 nitrogen and oxygen atoms in total. The number of benzene rings is 1. The molecule has 0 saturated carbocycles. The van der Waals surface area contributed by atoms with Crippen molar-refractivity contribution < 1.29 is 9.90 Å². The Bertz CT molecular complexity index is 657. The van der Waals surface area contributed by atoms with E-state index in [1.54, 1.807) is 30.7 Å². The van der Waals surface area contributed by atoms with Crippen molar-refractivity contribution in [1.29, 1.82) is 0 Å². The number of rotatable bonds is 5. The summed E-state index contributed by atoms with van der Waals surface area (Å²) in [6.45, 7) is 3.95. The summed E-state index contributed by atoms with van der Waals surface area (Å²) in [5.41, 5.74) is 1.26. The maximum Gasteiger partial charge on any atom is 0.332 e. The lowest BCUT2D eigenvalue weighted by Gasteiger charge is -2.20. The van der Waals surface area contributed by atoms with Crippen molar-refractivity contribution in [3.05, 3.63) is 45.9 Å². The number of hydrogen-bond donors (Lipinski definition) is 2. The van der Waals surface area contributed by atoms with Gasteiger partial charge in [0, 0.05) is 16.2 Å². The van der Waals surface area contributed by atoms with Crippen LogP contribution in [-0.2, 0) is 4.79 Å². The number of aromatic nitrogens is 2. The minimum atomic E-state index is -0.969. The second-order valence-corrected chi connectivity index (χ2v) is 6.13. The number of imidazole rings is 1. The normalized spacial score (nSPS) is 12.4. The van der Waals surface area contributed by atoms with E-state index in [0.29, 0.717) is 20.9 Å². The largest absolute Gasteiger partial charge is 0.479 e. The van der Waals surface area contributed by atoms with Gasteiger partial charge in [-0.25, -0.2) is 9.78 Å². The Balaban J connectivity index is 2.33. The molecule has 1 atom stereocenters. The van der Waals surface area contributed by atoms with Crippen LogP contribution >= 0.6 is 27.5 Å². The van der Waals surface area contributed by atoms with Crippen LogP contribution in [0, 0.1) is 0 Å². The van der Waals surface area contributed by atoms with Gasteiger partial charge in [-0.3, -0.25) is 0 Å². The molecule has 1 heterocycles. The molecule has 2 rings (SSSR count). The molecule has 1 unspecified atom stereocenters. The van der Waals surface area contributed by atoms with Gasteiger partial charge in [0.1, 0.15) is 0 Å². The van der Waals surface area contributed by atoms with Gasteiger partial charge in [0.25, 0.3) is 0 Å². The first-order valence-electron chi connectivity index (χ1n) is 6.36. The highest BCUT2D eigenvalue weighted by Crippen LogP contribution is 2.28. The molecule has 0 radical (unpaired) electrons. The Hall–Kier alpha value is -1.53. The van der Waals surface area contributed by atoms with Crippen LogP contribution in [0.2, 0.25) is 5.02 Å². The van der Waals surface area contributed by atoms with Crippen molar-refractivity contribution in [3.8, 4) is 0 Å². The third kappa shape index (κ3) is 3.57. The molecular formula is C14H15BrClN3O2. The fourth-order valence-corrected chi connectivity index (χ4v) is 2.48. The van der Waals surface area contributed by atoms with Crippen LogP contribution < -0.4 is 5.32 Å². The van der Waals surface area contributed by atoms with Crippen LogP contribution in [0.4, 0.5) is 5.69 Å². The zero-order chi connectivity index (χ0) is 15.6. The highest BCUT2D eigenvalue weighted by Gasteiger charge is 2.24. The average Bonchev–Trinajstić information content (AvgIpc) is 2.88. The van der Waals surface area contributed by atoms with Gasteiger partial charge in [-0.05, 0) is 48.0 Å². The maximum absolute atomic E-state index is 11.6. The molecule has 1 aromatic carbocycles. The number of aliphatic carboxylic acids is 1. The molecule has 0 bridgehead atoms. The van der Waals surface area contributed by atoms with Crippen molar-refractivity contribution in [2.75, 3.05) is 5.32 Å². The van der Waals surface area contributed by atoms with Crippen molar-refractivity contribution in [2.45, 2.75) is 25.9 Å². The van der Waals surface area contributed by atoms with Gasteiger partial charge in [-0.1, -0.05) is 11.6 Å². The first-order chi connectivity index (χ1) is 9.90. The predicted molar refractivity (Wildman–Crippen MR) is 85.8 cm³/mol. The van der Waals surface area contributed by atoms with E-state index in [9.17, 15) is 9.90 Å². The van der Waals surface area contributed by atoms with Crippen LogP contribution in [0.15, 0.2) is 35.2 Å². The molecule has 0 aliphatic carbocycles. The molecule has 2 N–H and O–H groups in total. The van der Waals surface area contributed by atoms with Crippen LogP contribution in [0.25, 0.3) is 0 Å². The van der Waals surface area contributed by atoms with Gasteiger partial charge >= 0.3 is 5.97 Å². The number of carboxylic acid groups (broad SMARTS) is 1. The maximum atomic E-state index is 11.6. The third-order valence-electron chi connectivity index (χ3n) is 3.03. The Morgan fingerprint density at radius 2 is 2.19 bits per heavy atom. The van der Waals surface area contributed by atoms with Crippen molar-refractivity contribution in [2.24, 2.45) is 0 Å². The Morgan fingerprint density at radius 3 is 2.76 bits per heavy atom. The van der Waals surface area contributed by atoms with E-state index in [0.717, 1.165) is 0 Å². The second-order valence-electron chi connectivity index (χ2n) is 4.86. The first-order valence-corrected chi connectivity index (χ1v) is 7.53. The van der Waals surface area contributed by atoms with Gasteiger partial charge in [0.05, 0.1) is 23.2 Å². The van der Waals surface area contributed by atoms with Gasteiger partial charge in [0.15, 0.2) is 6.04 Å². The number of nitrogens with zero attached hydrogens (tertiary/aromatic N) is 2. The van der Waals surface area contributed by atoms with Crippen LogP contribution in [0.1, 0.15) is 31.6 Å². The molecule has 112 valence electrons. The molecule has 7 heteroatoms. The van der Waals surface area contributed by atoms with E-state index in [-0.39, 0.29) is 6.04 Å². The summed E-state index contributed by atoms with van der Waals surface area (Å²) >= 11 is 9.26. The fourth-order valence-electron chi connectivity index (χ4n) is 1.98. The van der Waals surface area contributed by atoms with Gasteiger partial charge in [-0.15, -0.1) is 0 Å². The van der Waals surface area contributed by atoms with E-state index >= 15 is 0 Å². The summed E-state index contributed by atoms with van der Waals surface area (Å²) < 4.78 is 2.53. The standard InChI is InChI=1S/C14H15BrClN3O2/c1-8(2)19-7-17-6-12(19)13(14(20)21)18-9-3-4-11(16)10(15)5-9/h3-8,13,18H,1-2H3,(H,20,21). The number of carboxylic acids is 1. The number of carbonyl (C=O) groups is 1. The van der Waals surface area contributed by atoms with E-state index in [2.05, 4.69) is 26.2 Å². The molecule has 0 amide bonds. The van der Waals surface area contributed by atoms with Gasteiger partial charge < -0.3 is 15.0 Å². The molecule has 0 fully saturated rings. The highest BCUT2D eigenvalue weighted by molar-refractivity contribution is 9.10. The monoisotopic (exact) mass is 371 g/mol. The van der Waals surface area contributed by atoms with Gasteiger partial charge in [-0.2, -0.15) is 0 Å². The summed E-state index contributed by atoms with van der Waals surface area (Å²) in [7, 11) is 0. The smallest absolute Gasteiger partial charge is 0.332 e. The summed E-state index contributed by atoms with van der Waals surface area (Å²) in [5, 5.41) is 13.1. The van der Waals surface area contributed by atoms with Gasteiger partial charge in [0.2, 0.25) is 0 Å². The van der Waals surface area contributed by atoms with Crippen molar-refractivity contribution in [1.82, 2.24) is 9.55 Å². The van der Waals surface area contributed by atoms with Crippen LogP contribution in [0.3, 0.4) is 0 Å². The molecule has 0 spiro atoms. The molecular weight excluding hydrogens is 358 g/mol. The summed E-state index contributed by atoms with van der Waals surface area (Å²) in [6, 6.07) is 4.42. The summed E-state index contributed by atoms with van der Waals surface area (Å²) in [5.74, 6) is -0.969. The average molecular weight is 373 g/mol. The zero-order valence-corrected chi connectivity index (χ0v) is 13.9. The fraction of sp³-hybridized carbons (Fsp3) is 0.286. The molecule has 2 aromatic rings. The summed E-state index contributed by atoms with van der Waals surface area (Å²) in [4.78, 5) is 15.6. The Kier molecular flexibility index (Phi) is 4.90. The van der Waals surface area contributed by atoms with E-state index in [1.807, 2.05) is 18.4 Å². The Morgan fingerprint density at radius 1 is 1.48 bits per heavy atom. The quantitative estimate of drug-likeness (QED) is 0.828.